The van der Waals surface area contributed by atoms with Crippen molar-refractivity contribution in [3.63, 3.8) is 0 Å². The Kier molecular flexibility index (Phi) is 5.32. The molecule has 0 heterocycles. The Balaban J connectivity index is 1.93. The van der Waals surface area contributed by atoms with E-state index < -0.39 is 17.9 Å². The summed E-state index contributed by atoms with van der Waals surface area (Å²) in [5.41, 5.74) is 4.52. The predicted octanol–water partition coefficient (Wildman–Crippen LogP) is 1.40. The number of carbonyl (C=O) groups is 2. The van der Waals surface area contributed by atoms with Gasteiger partial charge in [0, 0.05) is 7.11 Å². The normalized spacial score (nSPS) is 11.7. The van der Waals surface area contributed by atoms with Gasteiger partial charge in [0.05, 0.1) is 0 Å². The molecule has 2 N–H and O–H groups in total. The van der Waals surface area contributed by atoms with Crippen molar-refractivity contribution in [2.24, 2.45) is 0 Å². The minimum atomic E-state index is -0.746. The number of hydrazine groups is 1. The maximum atomic E-state index is 11.8. The minimum Gasteiger partial charge on any atom is -0.481 e. The van der Waals surface area contributed by atoms with Gasteiger partial charge in [-0.05, 0) is 29.8 Å². The van der Waals surface area contributed by atoms with Gasteiger partial charge in [-0.15, -0.1) is 0 Å². The van der Waals surface area contributed by atoms with E-state index in [1.165, 1.54) is 7.11 Å². The molecule has 0 aromatic heterocycles. The van der Waals surface area contributed by atoms with E-state index in [9.17, 15) is 9.59 Å². The van der Waals surface area contributed by atoms with Crippen LogP contribution in [0.15, 0.2) is 42.5 Å². The second kappa shape index (κ2) is 7.42. The fourth-order valence-corrected chi connectivity index (χ4v) is 1.90. The molecule has 0 fully saturated rings. The van der Waals surface area contributed by atoms with Gasteiger partial charge in [0.2, 0.25) is 0 Å². The molecule has 0 spiro atoms. The highest BCUT2D eigenvalue weighted by Crippen LogP contribution is 2.21. The highest BCUT2D eigenvalue weighted by Gasteiger charge is 2.15. The Labute approximate surface area is 128 Å². The Bertz CT molecular complexity index is 672. The summed E-state index contributed by atoms with van der Waals surface area (Å²) in [4.78, 5) is 23.0. The summed E-state index contributed by atoms with van der Waals surface area (Å²) in [6, 6.07) is 13.5. The van der Waals surface area contributed by atoms with E-state index in [0.29, 0.717) is 5.75 Å². The first kappa shape index (κ1) is 15.8. The van der Waals surface area contributed by atoms with E-state index in [-0.39, 0.29) is 6.61 Å². The monoisotopic (exact) mass is 302 g/mol. The molecule has 0 aliphatic heterocycles. The average Bonchev–Trinajstić information content (AvgIpc) is 2.52. The summed E-state index contributed by atoms with van der Waals surface area (Å²) in [7, 11) is 1.40. The second-order valence-electron chi connectivity index (χ2n) is 4.74. The third kappa shape index (κ3) is 4.20. The molecule has 6 nitrogen and oxygen atoms in total. The lowest BCUT2D eigenvalue weighted by Gasteiger charge is -2.15. The molecular formula is C16H18N2O4. The molecule has 6 heteroatoms. The standard InChI is InChI=1S/C16H18N2O4/c1-11(16(20)18-17-15(19)10-21-2)22-14-8-7-12-5-3-4-6-13(12)9-14/h3-9,11H,10H2,1-2H3,(H,17,19)(H,18,20). The Hall–Kier alpha value is -2.60. The van der Waals surface area contributed by atoms with Crippen LogP contribution in [-0.2, 0) is 14.3 Å². The molecule has 2 amide bonds. The predicted molar refractivity (Wildman–Crippen MR) is 82.2 cm³/mol. The topological polar surface area (TPSA) is 76.7 Å². The molecule has 2 aromatic rings. The number of benzene rings is 2. The Morgan fingerprint density at radius 3 is 2.55 bits per heavy atom. The Morgan fingerprint density at radius 2 is 1.82 bits per heavy atom. The van der Waals surface area contributed by atoms with Gasteiger partial charge in [0.25, 0.3) is 11.8 Å². The first-order chi connectivity index (χ1) is 10.6. The van der Waals surface area contributed by atoms with E-state index >= 15 is 0 Å². The van der Waals surface area contributed by atoms with Crippen LogP contribution in [0.2, 0.25) is 0 Å². The van der Waals surface area contributed by atoms with E-state index in [4.69, 9.17) is 4.74 Å². The van der Waals surface area contributed by atoms with Crippen molar-refractivity contribution >= 4 is 22.6 Å². The van der Waals surface area contributed by atoms with Crippen molar-refractivity contribution in [2.45, 2.75) is 13.0 Å². The second-order valence-corrected chi connectivity index (χ2v) is 4.74. The summed E-state index contributed by atoms with van der Waals surface area (Å²) in [5.74, 6) is -0.295. The van der Waals surface area contributed by atoms with Crippen LogP contribution in [0.4, 0.5) is 0 Å². The zero-order valence-electron chi connectivity index (χ0n) is 12.5. The van der Waals surface area contributed by atoms with Crippen LogP contribution in [0, 0.1) is 0 Å². The van der Waals surface area contributed by atoms with Crippen LogP contribution in [-0.4, -0.2) is 31.6 Å². The quantitative estimate of drug-likeness (QED) is 0.819. The molecule has 0 bridgehead atoms. The maximum Gasteiger partial charge on any atom is 0.279 e. The van der Waals surface area contributed by atoms with Crippen molar-refractivity contribution in [3.05, 3.63) is 42.5 Å². The zero-order chi connectivity index (χ0) is 15.9. The molecule has 0 saturated carbocycles. The van der Waals surface area contributed by atoms with E-state index in [2.05, 4.69) is 15.6 Å². The minimum absolute atomic E-state index is 0.125. The summed E-state index contributed by atoms with van der Waals surface area (Å²) in [6.45, 7) is 1.48. The van der Waals surface area contributed by atoms with Crippen molar-refractivity contribution in [1.29, 1.82) is 0 Å². The Morgan fingerprint density at radius 1 is 1.09 bits per heavy atom. The SMILES string of the molecule is COCC(=O)NNC(=O)C(C)Oc1ccc2ccccc2c1. The maximum absolute atomic E-state index is 11.8. The molecule has 0 aliphatic rings. The highest BCUT2D eigenvalue weighted by molar-refractivity contribution is 5.86. The van der Waals surface area contributed by atoms with Crippen LogP contribution < -0.4 is 15.6 Å². The van der Waals surface area contributed by atoms with Gasteiger partial charge in [-0.25, -0.2) is 0 Å². The molecule has 2 aromatic carbocycles. The number of hydrogen-bond donors (Lipinski definition) is 2. The first-order valence-corrected chi connectivity index (χ1v) is 6.83. The fraction of sp³-hybridized carbons (Fsp3) is 0.250. The van der Waals surface area contributed by atoms with Crippen LogP contribution in [0.1, 0.15) is 6.92 Å². The van der Waals surface area contributed by atoms with Gasteiger partial charge in [0.1, 0.15) is 12.4 Å². The van der Waals surface area contributed by atoms with Gasteiger partial charge in [0.15, 0.2) is 6.10 Å². The molecule has 0 saturated heterocycles. The van der Waals surface area contributed by atoms with E-state index in [0.717, 1.165) is 10.8 Å². The molecule has 0 aliphatic carbocycles. The van der Waals surface area contributed by atoms with Gasteiger partial charge in [-0.1, -0.05) is 30.3 Å². The lowest BCUT2D eigenvalue weighted by atomic mass is 10.1. The lowest BCUT2D eigenvalue weighted by molar-refractivity contribution is -0.134. The number of carbonyl (C=O) groups excluding carboxylic acids is 2. The van der Waals surface area contributed by atoms with Gasteiger partial charge in [-0.2, -0.15) is 0 Å². The van der Waals surface area contributed by atoms with Crippen LogP contribution >= 0.6 is 0 Å². The molecule has 22 heavy (non-hydrogen) atoms. The molecular weight excluding hydrogens is 284 g/mol. The summed E-state index contributed by atoms with van der Waals surface area (Å²) in [6.07, 6.45) is -0.746. The number of hydrogen-bond acceptors (Lipinski definition) is 4. The van der Waals surface area contributed by atoms with Gasteiger partial charge >= 0.3 is 0 Å². The van der Waals surface area contributed by atoms with E-state index in [1.54, 1.807) is 13.0 Å². The average molecular weight is 302 g/mol. The van der Waals surface area contributed by atoms with Gasteiger partial charge < -0.3 is 9.47 Å². The smallest absolute Gasteiger partial charge is 0.279 e. The molecule has 116 valence electrons. The lowest BCUT2D eigenvalue weighted by Crippen LogP contribution is -2.48. The third-order valence-electron chi connectivity index (χ3n) is 3.00. The number of methoxy groups -OCH3 is 1. The van der Waals surface area contributed by atoms with E-state index in [1.807, 2.05) is 36.4 Å². The van der Waals surface area contributed by atoms with Crippen LogP contribution in [0.25, 0.3) is 10.8 Å². The fourth-order valence-electron chi connectivity index (χ4n) is 1.90. The summed E-state index contributed by atoms with van der Waals surface area (Å²) in [5, 5.41) is 2.12. The number of amides is 2. The molecule has 0 radical (unpaired) electrons. The number of nitrogens with one attached hydrogen (secondary N) is 2. The van der Waals surface area contributed by atoms with Crippen molar-refractivity contribution in [3.8, 4) is 5.75 Å². The van der Waals surface area contributed by atoms with Crippen LogP contribution in [0.3, 0.4) is 0 Å². The first-order valence-electron chi connectivity index (χ1n) is 6.83. The number of ether oxygens (including phenoxy) is 2. The van der Waals surface area contributed by atoms with Crippen molar-refractivity contribution in [2.75, 3.05) is 13.7 Å². The zero-order valence-corrected chi connectivity index (χ0v) is 12.5. The largest absolute Gasteiger partial charge is 0.481 e. The highest BCUT2D eigenvalue weighted by atomic mass is 16.5. The molecule has 1 unspecified atom stereocenters. The molecule has 2 rings (SSSR count). The molecule has 1 atom stereocenters. The van der Waals surface area contributed by atoms with Crippen molar-refractivity contribution in [1.82, 2.24) is 10.9 Å². The number of fused-ring (bicyclic) bond motifs is 1. The summed E-state index contributed by atoms with van der Waals surface area (Å²) >= 11 is 0. The number of rotatable bonds is 5. The van der Waals surface area contributed by atoms with Crippen molar-refractivity contribution < 1.29 is 19.1 Å². The third-order valence-corrected chi connectivity index (χ3v) is 3.00. The van der Waals surface area contributed by atoms with Crippen LogP contribution in [0.5, 0.6) is 5.75 Å². The van der Waals surface area contributed by atoms with Gasteiger partial charge in [-0.3, -0.25) is 20.4 Å². The summed E-state index contributed by atoms with van der Waals surface area (Å²) < 4.78 is 10.2.